The summed E-state index contributed by atoms with van der Waals surface area (Å²) >= 11 is 1.47. The standard InChI is InChI=1S/C16H12N4O4S/c1-8-17-10(7-25-8)15-19-20-16(24-15)18-14(21)12-6-9-4-3-5-11(22-2)13(9)23-12/h3-7H,1-2H3,(H,18,20,21). The van der Waals surface area contributed by atoms with Crippen molar-refractivity contribution < 1.29 is 18.4 Å². The first-order valence-electron chi connectivity index (χ1n) is 7.28. The van der Waals surface area contributed by atoms with E-state index in [1.165, 1.54) is 18.4 Å². The molecule has 0 atom stereocenters. The highest BCUT2D eigenvalue weighted by Gasteiger charge is 2.18. The minimum atomic E-state index is -0.497. The molecule has 8 nitrogen and oxygen atoms in total. The number of nitrogens with zero attached hydrogens (tertiary/aromatic N) is 3. The Labute approximate surface area is 145 Å². The number of rotatable bonds is 4. The Bertz CT molecular complexity index is 1070. The first-order chi connectivity index (χ1) is 12.1. The number of para-hydroxylation sites is 1. The number of ether oxygens (including phenoxy) is 1. The Morgan fingerprint density at radius 3 is 2.92 bits per heavy atom. The van der Waals surface area contributed by atoms with Crippen molar-refractivity contribution in [1.82, 2.24) is 15.2 Å². The molecule has 9 heteroatoms. The van der Waals surface area contributed by atoms with E-state index in [9.17, 15) is 4.79 Å². The molecule has 0 bridgehead atoms. The number of nitrogens with one attached hydrogen (secondary N) is 1. The maximum absolute atomic E-state index is 12.3. The summed E-state index contributed by atoms with van der Waals surface area (Å²) < 4.78 is 16.2. The third kappa shape index (κ3) is 2.85. The Hall–Kier alpha value is -3.20. The lowest BCUT2D eigenvalue weighted by Crippen LogP contribution is -2.10. The van der Waals surface area contributed by atoms with E-state index in [2.05, 4.69) is 20.5 Å². The molecule has 1 amide bonds. The summed E-state index contributed by atoms with van der Waals surface area (Å²) in [6.07, 6.45) is 0. The van der Waals surface area contributed by atoms with E-state index in [0.717, 1.165) is 10.4 Å². The SMILES string of the molecule is COc1cccc2cc(C(=O)Nc3nnc(-c4csc(C)n4)o3)oc12. The molecule has 3 aromatic heterocycles. The number of hydrogen-bond donors (Lipinski definition) is 1. The number of aromatic nitrogens is 3. The zero-order valence-electron chi connectivity index (χ0n) is 13.3. The van der Waals surface area contributed by atoms with Crippen LogP contribution in [0.5, 0.6) is 5.75 Å². The van der Waals surface area contributed by atoms with Crippen LogP contribution >= 0.6 is 11.3 Å². The first-order valence-corrected chi connectivity index (χ1v) is 8.16. The fourth-order valence-corrected chi connectivity index (χ4v) is 2.89. The lowest BCUT2D eigenvalue weighted by atomic mass is 10.2. The number of furan rings is 1. The van der Waals surface area contributed by atoms with Gasteiger partial charge in [0, 0.05) is 10.8 Å². The number of fused-ring (bicyclic) bond motifs is 1. The zero-order chi connectivity index (χ0) is 17.4. The number of anilines is 1. The number of thiazole rings is 1. The van der Waals surface area contributed by atoms with Crippen molar-refractivity contribution in [2.75, 3.05) is 12.4 Å². The molecule has 1 aromatic carbocycles. The van der Waals surface area contributed by atoms with E-state index in [-0.39, 0.29) is 17.7 Å². The molecule has 0 fully saturated rings. The highest BCUT2D eigenvalue weighted by atomic mass is 32.1. The van der Waals surface area contributed by atoms with Crippen LogP contribution in [0.25, 0.3) is 22.6 Å². The maximum Gasteiger partial charge on any atom is 0.322 e. The van der Waals surface area contributed by atoms with Gasteiger partial charge in [0.1, 0.15) is 5.69 Å². The summed E-state index contributed by atoms with van der Waals surface area (Å²) in [5.41, 5.74) is 1.07. The lowest BCUT2D eigenvalue weighted by Gasteiger charge is -1.98. The van der Waals surface area contributed by atoms with Crippen molar-refractivity contribution in [3.63, 3.8) is 0 Å². The largest absolute Gasteiger partial charge is 0.493 e. The van der Waals surface area contributed by atoms with Crippen LogP contribution in [0.4, 0.5) is 6.01 Å². The third-order valence-corrected chi connectivity index (χ3v) is 4.21. The van der Waals surface area contributed by atoms with E-state index < -0.39 is 5.91 Å². The first kappa shape index (κ1) is 15.3. The molecule has 0 unspecified atom stereocenters. The van der Waals surface area contributed by atoms with Crippen LogP contribution in [0, 0.1) is 6.92 Å². The van der Waals surface area contributed by atoms with Crippen LogP contribution in [0.3, 0.4) is 0 Å². The van der Waals surface area contributed by atoms with E-state index in [0.29, 0.717) is 17.0 Å². The van der Waals surface area contributed by atoms with Crippen molar-refractivity contribution in [1.29, 1.82) is 0 Å². The second-order valence-electron chi connectivity index (χ2n) is 5.11. The highest BCUT2D eigenvalue weighted by Crippen LogP contribution is 2.29. The molecule has 0 aliphatic heterocycles. The predicted molar refractivity (Wildman–Crippen MR) is 90.9 cm³/mol. The Morgan fingerprint density at radius 2 is 2.16 bits per heavy atom. The van der Waals surface area contributed by atoms with Gasteiger partial charge in [-0.05, 0) is 19.1 Å². The molecule has 0 aliphatic carbocycles. The van der Waals surface area contributed by atoms with Gasteiger partial charge in [-0.3, -0.25) is 10.1 Å². The highest BCUT2D eigenvalue weighted by molar-refractivity contribution is 7.09. The zero-order valence-corrected chi connectivity index (χ0v) is 14.1. The van der Waals surface area contributed by atoms with Gasteiger partial charge in [0.2, 0.25) is 0 Å². The quantitative estimate of drug-likeness (QED) is 0.597. The van der Waals surface area contributed by atoms with Crippen molar-refractivity contribution in [2.45, 2.75) is 6.92 Å². The van der Waals surface area contributed by atoms with E-state index in [1.54, 1.807) is 17.5 Å². The second-order valence-corrected chi connectivity index (χ2v) is 6.17. The predicted octanol–water partition coefficient (Wildman–Crippen LogP) is 3.51. The molecule has 4 aromatic rings. The van der Waals surface area contributed by atoms with Gasteiger partial charge in [0.15, 0.2) is 17.1 Å². The Kier molecular flexibility index (Phi) is 3.69. The number of methoxy groups -OCH3 is 1. The number of amides is 1. The summed E-state index contributed by atoms with van der Waals surface area (Å²) in [5.74, 6) is 0.410. The van der Waals surface area contributed by atoms with Gasteiger partial charge in [0.25, 0.3) is 11.8 Å². The Morgan fingerprint density at radius 1 is 1.28 bits per heavy atom. The number of carbonyl (C=O) groups excluding carboxylic acids is 1. The molecule has 3 heterocycles. The van der Waals surface area contributed by atoms with Crippen LogP contribution < -0.4 is 10.1 Å². The lowest BCUT2D eigenvalue weighted by molar-refractivity contribution is 0.0995. The van der Waals surface area contributed by atoms with Gasteiger partial charge in [-0.2, -0.15) is 0 Å². The van der Waals surface area contributed by atoms with Crippen LogP contribution in [0.1, 0.15) is 15.6 Å². The molecule has 0 saturated carbocycles. The minimum Gasteiger partial charge on any atom is -0.493 e. The van der Waals surface area contributed by atoms with Crippen molar-refractivity contribution in [3.8, 4) is 17.3 Å². The number of carbonyl (C=O) groups is 1. The third-order valence-electron chi connectivity index (χ3n) is 3.44. The summed E-state index contributed by atoms with van der Waals surface area (Å²) in [6.45, 7) is 1.88. The van der Waals surface area contributed by atoms with Gasteiger partial charge in [0.05, 0.1) is 12.1 Å². The summed E-state index contributed by atoms with van der Waals surface area (Å²) in [5, 5.41) is 13.6. The minimum absolute atomic E-state index is 0.0296. The maximum atomic E-state index is 12.3. The van der Waals surface area contributed by atoms with Crippen molar-refractivity contribution in [2.24, 2.45) is 0 Å². The van der Waals surface area contributed by atoms with Gasteiger partial charge in [-0.25, -0.2) is 4.98 Å². The van der Waals surface area contributed by atoms with Gasteiger partial charge in [-0.15, -0.1) is 16.4 Å². The Balaban J connectivity index is 1.57. The monoisotopic (exact) mass is 356 g/mol. The molecular weight excluding hydrogens is 344 g/mol. The van der Waals surface area contributed by atoms with Crippen LogP contribution in [0.15, 0.2) is 38.5 Å². The molecule has 0 aliphatic rings. The average molecular weight is 356 g/mol. The van der Waals surface area contributed by atoms with Crippen molar-refractivity contribution in [3.05, 3.63) is 40.4 Å². The van der Waals surface area contributed by atoms with Crippen LogP contribution in [-0.4, -0.2) is 28.2 Å². The average Bonchev–Trinajstić information content (AvgIpc) is 3.32. The van der Waals surface area contributed by atoms with E-state index in [1.807, 2.05) is 19.1 Å². The number of hydrogen-bond acceptors (Lipinski definition) is 8. The summed E-state index contributed by atoms with van der Waals surface area (Å²) in [7, 11) is 1.54. The molecule has 0 saturated heterocycles. The number of aryl methyl sites for hydroxylation is 1. The fraction of sp³-hybridized carbons (Fsp3) is 0.125. The molecule has 126 valence electrons. The normalized spacial score (nSPS) is 11.0. The topological polar surface area (TPSA) is 103 Å². The molecule has 0 spiro atoms. The van der Waals surface area contributed by atoms with E-state index >= 15 is 0 Å². The molecule has 25 heavy (non-hydrogen) atoms. The van der Waals surface area contributed by atoms with Crippen LogP contribution in [-0.2, 0) is 0 Å². The molecule has 1 N–H and O–H groups in total. The van der Waals surface area contributed by atoms with Gasteiger partial charge in [-0.1, -0.05) is 17.2 Å². The number of benzene rings is 1. The smallest absolute Gasteiger partial charge is 0.322 e. The molecular formula is C16H12N4O4S. The van der Waals surface area contributed by atoms with Crippen molar-refractivity contribution >= 4 is 34.2 Å². The van der Waals surface area contributed by atoms with Gasteiger partial charge < -0.3 is 13.6 Å². The van der Waals surface area contributed by atoms with Gasteiger partial charge >= 0.3 is 6.01 Å². The second kappa shape index (κ2) is 6.02. The fourth-order valence-electron chi connectivity index (χ4n) is 2.31. The molecule has 0 radical (unpaired) electrons. The summed E-state index contributed by atoms with van der Waals surface area (Å²) in [4.78, 5) is 16.6. The van der Waals surface area contributed by atoms with Crippen LogP contribution in [0.2, 0.25) is 0 Å². The van der Waals surface area contributed by atoms with E-state index in [4.69, 9.17) is 13.6 Å². The molecule has 4 rings (SSSR count). The summed E-state index contributed by atoms with van der Waals surface area (Å²) in [6, 6.07) is 6.99.